The molecular formula is C23H29N3OS2. The topological polar surface area (TPSA) is 36.4 Å². The fraction of sp³-hybridized carbons (Fsp3) is 0.391. The molecule has 154 valence electrons. The molecule has 0 saturated carbocycles. The van der Waals surface area contributed by atoms with Gasteiger partial charge in [-0.15, -0.1) is 11.8 Å². The van der Waals surface area contributed by atoms with Crippen molar-refractivity contribution >= 4 is 44.4 Å². The number of carbonyl (C=O) groups excluding carboxylic acids is 1. The number of hydrogen-bond acceptors (Lipinski definition) is 5. The fourth-order valence-corrected chi connectivity index (χ4v) is 5.04. The molecule has 29 heavy (non-hydrogen) atoms. The van der Waals surface area contributed by atoms with Crippen molar-refractivity contribution in [3.05, 3.63) is 53.6 Å². The van der Waals surface area contributed by atoms with Crippen molar-refractivity contribution in [2.24, 2.45) is 0 Å². The largest absolute Gasteiger partial charge is 0.309 e. The SMILES string of the molecule is CCSc1ccccc1C(=O)N(CCCN(C)C)c1nc2ccc(CC)cc2s1. The maximum Gasteiger partial charge on any atom is 0.261 e. The Morgan fingerprint density at radius 2 is 1.90 bits per heavy atom. The molecule has 0 aliphatic rings. The molecule has 0 saturated heterocycles. The van der Waals surface area contributed by atoms with Gasteiger partial charge in [-0.2, -0.15) is 0 Å². The molecule has 3 rings (SSSR count). The fourth-order valence-electron chi connectivity index (χ4n) is 3.19. The van der Waals surface area contributed by atoms with Crippen molar-refractivity contribution in [3.8, 4) is 0 Å². The van der Waals surface area contributed by atoms with Gasteiger partial charge in [-0.25, -0.2) is 4.98 Å². The molecule has 3 aromatic rings. The van der Waals surface area contributed by atoms with Crippen molar-refractivity contribution in [3.63, 3.8) is 0 Å². The first-order chi connectivity index (χ1) is 14.0. The van der Waals surface area contributed by atoms with Crippen molar-refractivity contribution in [1.29, 1.82) is 0 Å². The van der Waals surface area contributed by atoms with Crippen LogP contribution in [0.2, 0.25) is 0 Å². The first-order valence-corrected chi connectivity index (χ1v) is 11.9. The third kappa shape index (κ3) is 5.38. The van der Waals surface area contributed by atoms with E-state index in [1.165, 1.54) is 5.56 Å². The van der Waals surface area contributed by atoms with Crippen LogP contribution >= 0.6 is 23.1 Å². The molecule has 0 N–H and O–H groups in total. The summed E-state index contributed by atoms with van der Waals surface area (Å²) in [5, 5.41) is 0.785. The number of thiazole rings is 1. The summed E-state index contributed by atoms with van der Waals surface area (Å²) in [5.41, 5.74) is 3.02. The highest BCUT2D eigenvalue weighted by atomic mass is 32.2. The Morgan fingerprint density at radius 1 is 1.10 bits per heavy atom. The second-order valence-electron chi connectivity index (χ2n) is 7.19. The van der Waals surface area contributed by atoms with E-state index in [0.717, 1.165) is 50.9 Å². The monoisotopic (exact) mass is 427 g/mol. The summed E-state index contributed by atoms with van der Waals surface area (Å²) in [6.07, 6.45) is 1.90. The summed E-state index contributed by atoms with van der Waals surface area (Å²) < 4.78 is 1.14. The van der Waals surface area contributed by atoms with Crippen molar-refractivity contribution < 1.29 is 4.79 Å². The van der Waals surface area contributed by atoms with E-state index in [1.807, 2.05) is 29.2 Å². The van der Waals surface area contributed by atoms with E-state index in [-0.39, 0.29) is 5.91 Å². The zero-order valence-electron chi connectivity index (χ0n) is 17.6. The first-order valence-electron chi connectivity index (χ1n) is 10.1. The summed E-state index contributed by atoms with van der Waals surface area (Å²) in [6.45, 7) is 5.85. The number of nitrogens with zero attached hydrogens (tertiary/aromatic N) is 3. The second kappa shape index (κ2) is 10.2. The molecule has 6 heteroatoms. The third-order valence-electron chi connectivity index (χ3n) is 4.73. The molecule has 2 aromatic carbocycles. The van der Waals surface area contributed by atoms with Crippen molar-refractivity contribution in [1.82, 2.24) is 9.88 Å². The van der Waals surface area contributed by atoms with E-state index >= 15 is 0 Å². The normalized spacial score (nSPS) is 11.3. The molecule has 0 spiro atoms. The number of fused-ring (bicyclic) bond motifs is 1. The van der Waals surface area contributed by atoms with Gasteiger partial charge >= 0.3 is 0 Å². The predicted molar refractivity (Wildman–Crippen MR) is 127 cm³/mol. The molecular weight excluding hydrogens is 398 g/mol. The third-order valence-corrected chi connectivity index (χ3v) is 6.73. The van der Waals surface area contributed by atoms with Crippen LogP contribution in [0.4, 0.5) is 5.13 Å². The Balaban J connectivity index is 1.97. The van der Waals surface area contributed by atoms with E-state index in [0.29, 0.717) is 6.54 Å². The molecule has 0 atom stereocenters. The zero-order valence-corrected chi connectivity index (χ0v) is 19.3. The summed E-state index contributed by atoms with van der Waals surface area (Å²) in [4.78, 5) is 23.4. The Morgan fingerprint density at radius 3 is 2.62 bits per heavy atom. The highest BCUT2D eigenvalue weighted by molar-refractivity contribution is 7.99. The highest BCUT2D eigenvalue weighted by Gasteiger charge is 2.23. The number of hydrogen-bond donors (Lipinski definition) is 0. The quantitative estimate of drug-likeness (QED) is 0.418. The number of aromatic nitrogens is 1. The minimum absolute atomic E-state index is 0.0371. The van der Waals surface area contributed by atoms with Gasteiger partial charge in [0.05, 0.1) is 15.8 Å². The highest BCUT2D eigenvalue weighted by Crippen LogP contribution is 2.32. The van der Waals surface area contributed by atoms with E-state index < -0.39 is 0 Å². The summed E-state index contributed by atoms with van der Waals surface area (Å²) in [6, 6.07) is 14.3. The maximum atomic E-state index is 13.6. The van der Waals surface area contributed by atoms with Gasteiger partial charge in [0.2, 0.25) is 0 Å². The van der Waals surface area contributed by atoms with E-state index in [4.69, 9.17) is 4.98 Å². The molecule has 1 heterocycles. The molecule has 0 aliphatic heterocycles. The molecule has 0 fully saturated rings. The Kier molecular flexibility index (Phi) is 7.70. The molecule has 0 unspecified atom stereocenters. The Bertz CT molecular complexity index is 968. The smallest absolute Gasteiger partial charge is 0.261 e. The van der Waals surface area contributed by atoms with Crippen LogP contribution < -0.4 is 4.90 Å². The van der Waals surface area contributed by atoms with E-state index in [2.05, 4.69) is 51.0 Å². The van der Waals surface area contributed by atoms with Gasteiger partial charge in [-0.1, -0.05) is 43.4 Å². The lowest BCUT2D eigenvalue weighted by molar-refractivity contribution is 0.0983. The Hall–Kier alpha value is -1.89. The number of thioether (sulfide) groups is 1. The average Bonchev–Trinajstić information content (AvgIpc) is 3.14. The van der Waals surface area contributed by atoms with Gasteiger partial charge in [0.1, 0.15) is 0 Å². The van der Waals surface area contributed by atoms with Gasteiger partial charge in [0.25, 0.3) is 5.91 Å². The zero-order chi connectivity index (χ0) is 20.8. The predicted octanol–water partition coefficient (Wildman–Crippen LogP) is 5.57. The lowest BCUT2D eigenvalue weighted by atomic mass is 10.2. The molecule has 0 bridgehead atoms. The van der Waals surface area contributed by atoms with E-state index in [9.17, 15) is 4.79 Å². The lowest BCUT2D eigenvalue weighted by Gasteiger charge is -2.22. The number of amides is 1. The van der Waals surface area contributed by atoms with Gasteiger partial charge in [-0.05, 0) is 69.1 Å². The lowest BCUT2D eigenvalue weighted by Crippen LogP contribution is -2.33. The van der Waals surface area contributed by atoms with Crippen LogP contribution in [0.1, 0.15) is 36.2 Å². The second-order valence-corrected chi connectivity index (χ2v) is 9.51. The van der Waals surface area contributed by atoms with Gasteiger partial charge in [-0.3, -0.25) is 9.69 Å². The number of benzene rings is 2. The first kappa shape index (κ1) is 21.8. The van der Waals surface area contributed by atoms with Crippen LogP contribution in [0.3, 0.4) is 0 Å². The minimum Gasteiger partial charge on any atom is -0.309 e. The summed E-state index contributed by atoms with van der Waals surface area (Å²) >= 11 is 3.32. The number of carbonyl (C=O) groups is 1. The van der Waals surface area contributed by atoms with Gasteiger partial charge in [0, 0.05) is 11.4 Å². The molecule has 0 radical (unpaired) electrons. The van der Waals surface area contributed by atoms with Gasteiger partial charge < -0.3 is 4.90 Å². The van der Waals surface area contributed by atoms with Crippen LogP contribution in [0, 0.1) is 0 Å². The summed E-state index contributed by atoms with van der Waals surface area (Å²) in [7, 11) is 4.12. The van der Waals surface area contributed by atoms with Crippen molar-refractivity contribution in [2.75, 3.05) is 37.8 Å². The Labute approximate surface area is 181 Å². The van der Waals surface area contributed by atoms with Crippen LogP contribution in [-0.2, 0) is 6.42 Å². The number of rotatable bonds is 9. The van der Waals surface area contributed by atoms with Crippen LogP contribution in [0.5, 0.6) is 0 Å². The average molecular weight is 428 g/mol. The standard InChI is InChI=1S/C23H29N3OS2/c1-5-17-12-13-19-21(16-17)29-23(24-19)26(15-9-14-25(3)4)22(27)18-10-7-8-11-20(18)28-6-2/h7-8,10-13,16H,5-6,9,14-15H2,1-4H3. The minimum atomic E-state index is 0.0371. The molecule has 4 nitrogen and oxygen atoms in total. The summed E-state index contributed by atoms with van der Waals surface area (Å²) in [5.74, 6) is 0.973. The van der Waals surface area contributed by atoms with E-state index in [1.54, 1.807) is 23.1 Å². The molecule has 1 aromatic heterocycles. The molecule has 0 aliphatic carbocycles. The number of anilines is 1. The van der Waals surface area contributed by atoms with Crippen LogP contribution in [-0.4, -0.2) is 48.7 Å². The maximum absolute atomic E-state index is 13.6. The van der Waals surface area contributed by atoms with Crippen molar-refractivity contribution in [2.45, 2.75) is 31.6 Å². The van der Waals surface area contributed by atoms with Crippen LogP contribution in [0.15, 0.2) is 47.4 Å². The number of aryl methyl sites for hydroxylation is 1. The molecule has 1 amide bonds. The van der Waals surface area contributed by atoms with Crippen LogP contribution in [0.25, 0.3) is 10.2 Å². The van der Waals surface area contributed by atoms with Gasteiger partial charge in [0.15, 0.2) is 5.13 Å².